The summed E-state index contributed by atoms with van der Waals surface area (Å²) in [4.78, 5) is 2.44. The summed E-state index contributed by atoms with van der Waals surface area (Å²) in [7, 11) is -5.47. The van der Waals surface area contributed by atoms with Crippen molar-refractivity contribution in [2.75, 3.05) is 0 Å². The van der Waals surface area contributed by atoms with Gasteiger partial charge in [-0.25, -0.2) is 26.8 Å². The lowest BCUT2D eigenvalue weighted by atomic mass is 9.80. The molecule has 12 heteroatoms. The third kappa shape index (κ3) is 4.92. The lowest BCUT2D eigenvalue weighted by Gasteiger charge is -2.31. The van der Waals surface area contributed by atoms with Crippen LogP contribution >= 0.6 is 0 Å². The van der Waals surface area contributed by atoms with Gasteiger partial charge in [0.1, 0.15) is 6.10 Å². The molecule has 0 heterocycles. The van der Waals surface area contributed by atoms with E-state index in [-0.39, 0.29) is 5.71 Å². The van der Waals surface area contributed by atoms with E-state index in [1.54, 1.807) is 12.1 Å². The summed E-state index contributed by atoms with van der Waals surface area (Å²) >= 11 is 0. The standard InChI is InChI=1S/C20H20F5NO5S/c1-5-20(3,4)19(30-27)12-8-6-11(7-9-12)10(2)26-31-32(28,29)18-16(24)14(22)13(21)15(23)17(18)25/h6-9,19,27H,5H2,1-4H3/b26-10-. The zero-order valence-corrected chi connectivity index (χ0v) is 18.2. The number of benzene rings is 2. The Morgan fingerprint density at radius 3 is 1.91 bits per heavy atom. The Balaban J connectivity index is 2.34. The maximum absolute atomic E-state index is 13.8. The van der Waals surface area contributed by atoms with Gasteiger partial charge in [0.15, 0.2) is 28.2 Å². The van der Waals surface area contributed by atoms with Crippen molar-refractivity contribution in [3.63, 3.8) is 0 Å². The fourth-order valence-corrected chi connectivity index (χ4v) is 3.64. The van der Waals surface area contributed by atoms with E-state index in [0.29, 0.717) is 17.5 Å². The molecule has 0 saturated heterocycles. The molecule has 6 nitrogen and oxygen atoms in total. The fraction of sp³-hybridized carbons (Fsp3) is 0.350. The molecule has 1 unspecified atom stereocenters. The van der Waals surface area contributed by atoms with Crippen LogP contribution in [0.1, 0.15) is 51.3 Å². The van der Waals surface area contributed by atoms with E-state index < -0.39 is 55.6 Å². The second kappa shape index (κ2) is 9.51. The first-order valence-corrected chi connectivity index (χ1v) is 10.6. The van der Waals surface area contributed by atoms with Crippen molar-refractivity contribution in [3.8, 4) is 0 Å². The van der Waals surface area contributed by atoms with Crippen LogP contribution in [-0.2, 0) is 19.3 Å². The zero-order valence-electron chi connectivity index (χ0n) is 17.4. The molecule has 1 atom stereocenters. The minimum Gasteiger partial charge on any atom is -0.264 e. The Bertz CT molecular complexity index is 1110. The van der Waals surface area contributed by atoms with Gasteiger partial charge in [0, 0.05) is 0 Å². The van der Waals surface area contributed by atoms with Gasteiger partial charge in [0.2, 0.25) is 5.82 Å². The molecule has 176 valence electrons. The molecule has 0 aromatic heterocycles. The number of hydrogen-bond acceptors (Lipinski definition) is 6. The van der Waals surface area contributed by atoms with Gasteiger partial charge in [-0.05, 0) is 29.9 Å². The van der Waals surface area contributed by atoms with Crippen molar-refractivity contribution >= 4 is 15.8 Å². The molecule has 0 saturated carbocycles. The van der Waals surface area contributed by atoms with E-state index >= 15 is 0 Å². The van der Waals surface area contributed by atoms with Crippen molar-refractivity contribution in [1.29, 1.82) is 0 Å². The van der Waals surface area contributed by atoms with E-state index in [1.807, 2.05) is 20.8 Å². The highest BCUT2D eigenvalue weighted by Gasteiger charge is 2.35. The average molecular weight is 481 g/mol. The average Bonchev–Trinajstić information content (AvgIpc) is 2.75. The van der Waals surface area contributed by atoms with E-state index in [4.69, 9.17) is 0 Å². The van der Waals surface area contributed by atoms with Gasteiger partial charge >= 0.3 is 10.1 Å². The van der Waals surface area contributed by atoms with Crippen LogP contribution in [-0.4, -0.2) is 19.4 Å². The van der Waals surface area contributed by atoms with Crippen molar-refractivity contribution in [3.05, 3.63) is 64.5 Å². The second-order valence-corrected chi connectivity index (χ2v) is 9.02. The van der Waals surface area contributed by atoms with Crippen molar-refractivity contribution in [1.82, 2.24) is 0 Å². The van der Waals surface area contributed by atoms with Gasteiger partial charge in [-0.2, -0.15) is 8.42 Å². The van der Waals surface area contributed by atoms with Gasteiger partial charge in [0.05, 0.1) is 5.71 Å². The Morgan fingerprint density at radius 2 is 1.47 bits per heavy atom. The lowest BCUT2D eigenvalue weighted by molar-refractivity contribution is -0.305. The molecule has 0 spiro atoms. The molecule has 0 aliphatic heterocycles. The zero-order chi connectivity index (χ0) is 24.4. The summed E-state index contributed by atoms with van der Waals surface area (Å²) in [5.41, 5.74) is 0.420. The first-order chi connectivity index (χ1) is 14.8. The minimum atomic E-state index is -5.47. The molecule has 2 rings (SSSR count). The maximum atomic E-state index is 13.8. The van der Waals surface area contributed by atoms with E-state index in [2.05, 4.69) is 14.3 Å². The Morgan fingerprint density at radius 1 is 1.00 bits per heavy atom. The summed E-state index contributed by atoms with van der Waals surface area (Å²) in [6, 6.07) is 6.12. The molecule has 1 N–H and O–H groups in total. The van der Waals surface area contributed by atoms with Gasteiger partial charge in [0.25, 0.3) is 0 Å². The first kappa shape index (κ1) is 25.7. The molecule has 0 aliphatic rings. The molecule has 0 aliphatic carbocycles. The van der Waals surface area contributed by atoms with Crippen LogP contribution in [0.3, 0.4) is 0 Å². The van der Waals surface area contributed by atoms with Gasteiger partial charge in [-0.15, -0.1) is 0 Å². The van der Waals surface area contributed by atoms with Crippen LogP contribution in [0.25, 0.3) is 0 Å². The van der Waals surface area contributed by atoms with Gasteiger partial charge < -0.3 is 0 Å². The van der Waals surface area contributed by atoms with Crippen LogP contribution < -0.4 is 0 Å². The summed E-state index contributed by atoms with van der Waals surface area (Å²) in [5, 5.41) is 12.5. The number of oxime groups is 1. The third-order valence-corrected chi connectivity index (χ3v) is 6.18. The molecule has 0 radical (unpaired) electrons. The fourth-order valence-electron chi connectivity index (χ4n) is 2.74. The Hall–Kier alpha value is -2.57. The number of hydrogen-bond donors (Lipinski definition) is 1. The van der Waals surface area contributed by atoms with Crippen LogP contribution in [0.2, 0.25) is 0 Å². The van der Waals surface area contributed by atoms with Crippen molar-refractivity contribution in [2.24, 2.45) is 10.6 Å². The highest BCUT2D eigenvalue weighted by atomic mass is 32.2. The van der Waals surface area contributed by atoms with Crippen LogP contribution in [0.15, 0.2) is 34.3 Å². The SMILES string of the molecule is CCC(C)(C)C(OO)c1ccc(/C(C)=N\OS(=O)(=O)c2c(F)c(F)c(F)c(F)c2F)cc1. The van der Waals surface area contributed by atoms with Crippen molar-refractivity contribution < 1.29 is 44.8 Å². The monoisotopic (exact) mass is 481 g/mol. The van der Waals surface area contributed by atoms with Crippen LogP contribution in [0.5, 0.6) is 0 Å². The molecule has 0 fully saturated rings. The van der Waals surface area contributed by atoms with E-state index in [0.717, 1.165) is 0 Å². The topological polar surface area (TPSA) is 85.2 Å². The quantitative estimate of drug-likeness (QED) is 0.135. The Labute approximate surface area is 181 Å². The smallest absolute Gasteiger partial charge is 0.264 e. The number of rotatable bonds is 8. The third-order valence-electron chi connectivity index (χ3n) is 5.05. The molecular formula is C20H20F5NO5S. The second-order valence-electron chi connectivity index (χ2n) is 7.55. The predicted octanol–water partition coefficient (Wildman–Crippen LogP) is 5.48. The van der Waals surface area contributed by atoms with Crippen LogP contribution in [0, 0.1) is 34.5 Å². The molecule has 32 heavy (non-hydrogen) atoms. The highest BCUT2D eigenvalue weighted by molar-refractivity contribution is 7.86. The Kier molecular flexibility index (Phi) is 7.63. The van der Waals surface area contributed by atoms with Crippen LogP contribution in [0.4, 0.5) is 22.0 Å². The molecule has 0 amide bonds. The normalized spacial score (nSPS) is 13.9. The van der Waals surface area contributed by atoms with Gasteiger partial charge in [-0.1, -0.05) is 50.2 Å². The number of halogens is 5. The first-order valence-electron chi connectivity index (χ1n) is 9.18. The molecule has 0 bridgehead atoms. The molecule has 2 aromatic rings. The maximum Gasteiger partial charge on any atom is 0.364 e. The lowest BCUT2D eigenvalue weighted by Crippen LogP contribution is -2.23. The summed E-state index contributed by atoms with van der Waals surface area (Å²) in [6.07, 6.45) is 0.0220. The predicted molar refractivity (Wildman–Crippen MR) is 104 cm³/mol. The largest absolute Gasteiger partial charge is 0.364 e. The molecular weight excluding hydrogens is 461 g/mol. The number of nitrogens with zero attached hydrogens (tertiary/aromatic N) is 1. The molecule has 2 aromatic carbocycles. The highest BCUT2D eigenvalue weighted by Crippen LogP contribution is 2.38. The van der Waals surface area contributed by atoms with E-state index in [9.17, 15) is 35.6 Å². The summed E-state index contributed by atoms with van der Waals surface area (Å²) in [6.45, 7) is 6.97. The summed E-state index contributed by atoms with van der Waals surface area (Å²) < 4.78 is 95.5. The van der Waals surface area contributed by atoms with E-state index in [1.165, 1.54) is 19.1 Å². The van der Waals surface area contributed by atoms with Crippen molar-refractivity contribution in [2.45, 2.75) is 45.1 Å². The van der Waals surface area contributed by atoms with Gasteiger partial charge in [-0.3, -0.25) is 9.54 Å². The summed E-state index contributed by atoms with van der Waals surface area (Å²) in [5.74, 6) is -12.5. The minimum absolute atomic E-state index is 0.0831.